The van der Waals surface area contributed by atoms with E-state index < -0.39 is 0 Å². The molecule has 0 saturated heterocycles. The number of hydrogen-bond acceptors (Lipinski definition) is 2. The zero-order valence-electron chi connectivity index (χ0n) is 11.4. The number of benzene rings is 1. The summed E-state index contributed by atoms with van der Waals surface area (Å²) in [6, 6.07) is 5.49. The monoisotopic (exact) mass is 250 g/mol. The van der Waals surface area contributed by atoms with Crippen molar-refractivity contribution >= 4 is 11.7 Å². The maximum atomic E-state index is 11.8. The molecule has 18 heavy (non-hydrogen) atoms. The fourth-order valence-electron chi connectivity index (χ4n) is 1.55. The van der Waals surface area contributed by atoms with Crippen LogP contribution in [0.15, 0.2) is 18.2 Å². The fourth-order valence-corrected chi connectivity index (χ4v) is 1.55. The van der Waals surface area contributed by atoms with Crippen LogP contribution in [-0.2, 0) is 0 Å². The maximum absolute atomic E-state index is 11.8. The molecule has 0 fully saturated rings. The van der Waals surface area contributed by atoms with Crippen molar-refractivity contribution in [1.82, 2.24) is 5.32 Å². The zero-order chi connectivity index (χ0) is 13.7. The van der Waals surface area contributed by atoms with E-state index >= 15 is 0 Å². The van der Waals surface area contributed by atoms with E-state index in [0.29, 0.717) is 0 Å². The van der Waals surface area contributed by atoms with Crippen molar-refractivity contribution in [2.24, 2.45) is 5.92 Å². The second-order valence-corrected chi connectivity index (χ2v) is 4.79. The maximum Gasteiger partial charge on any atom is 0.319 e. The molecule has 100 valence electrons. The molecule has 3 N–H and O–H groups in total. The number of rotatable bonds is 4. The molecule has 2 unspecified atom stereocenters. The van der Waals surface area contributed by atoms with Crippen LogP contribution in [0.5, 0.6) is 0 Å². The number of nitrogens with one attached hydrogen (secondary N) is 2. The van der Waals surface area contributed by atoms with Crippen molar-refractivity contribution in [2.45, 2.75) is 33.7 Å². The number of hydrogen-bond donors (Lipinski definition) is 3. The van der Waals surface area contributed by atoms with E-state index in [1.807, 2.05) is 45.9 Å². The number of aryl methyl sites for hydroxylation is 1. The lowest BCUT2D eigenvalue weighted by atomic mass is 10.1. The van der Waals surface area contributed by atoms with Crippen LogP contribution in [0.25, 0.3) is 0 Å². The smallest absolute Gasteiger partial charge is 0.319 e. The summed E-state index contributed by atoms with van der Waals surface area (Å²) >= 11 is 0. The van der Waals surface area contributed by atoms with Crippen LogP contribution in [0.4, 0.5) is 10.5 Å². The summed E-state index contributed by atoms with van der Waals surface area (Å²) in [4.78, 5) is 11.8. The van der Waals surface area contributed by atoms with E-state index in [2.05, 4.69) is 10.6 Å². The number of aliphatic hydroxyl groups is 1. The van der Waals surface area contributed by atoms with E-state index in [-0.39, 0.29) is 24.6 Å². The highest BCUT2D eigenvalue weighted by atomic mass is 16.3. The Morgan fingerprint density at radius 3 is 2.61 bits per heavy atom. The van der Waals surface area contributed by atoms with Gasteiger partial charge in [0.05, 0.1) is 0 Å². The first-order valence-electron chi connectivity index (χ1n) is 6.20. The molecule has 4 nitrogen and oxygen atoms in total. The van der Waals surface area contributed by atoms with Gasteiger partial charge in [-0.15, -0.1) is 0 Å². The minimum atomic E-state index is -0.239. The summed E-state index contributed by atoms with van der Waals surface area (Å²) in [5, 5.41) is 14.7. The summed E-state index contributed by atoms with van der Waals surface area (Å²) in [6.45, 7) is 7.82. The summed E-state index contributed by atoms with van der Waals surface area (Å²) in [6.07, 6.45) is 0. The Kier molecular flexibility index (Phi) is 5.16. The van der Waals surface area contributed by atoms with Gasteiger partial charge in [-0.1, -0.05) is 19.1 Å². The van der Waals surface area contributed by atoms with E-state index in [4.69, 9.17) is 5.11 Å². The standard InChI is InChI=1S/C14H22N2O2/c1-9-6-5-7-13(11(9)3)16-14(18)15-12(4)10(2)8-17/h5-7,10,12,17H,8H2,1-4H3,(H2,15,16,18). The molecule has 0 heterocycles. The van der Waals surface area contributed by atoms with E-state index in [1.54, 1.807) is 0 Å². The summed E-state index contributed by atoms with van der Waals surface area (Å²) < 4.78 is 0. The van der Waals surface area contributed by atoms with Crippen LogP contribution in [-0.4, -0.2) is 23.8 Å². The van der Waals surface area contributed by atoms with E-state index in [1.165, 1.54) is 0 Å². The van der Waals surface area contributed by atoms with Gasteiger partial charge in [0.15, 0.2) is 0 Å². The molecule has 0 saturated carbocycles. The van der Waals surface area contributed by atoms with Gasteiger partial charge in [-0.3, -0.25) is 0 Å². The van der Waals surface area contributed by atoms with Crippen LogP contribution in [0.1, 0.15) is 25.0 Å². The van der Waals surface area contributed by atoms with Gasteiger partial charge in [0.2, 0.25) is 0 Å². The van der Waals surface area contributed by atoms with Crippen molar-refractivity contribution in [3.05, 3.63) is 29.3 Å². The molecule has 0 spiro atoms. The predicted molar refractivity (Wildman–Crippen MR) is 73.8 cm³/mol. The third kappa shape index (κ3) is 3.74. The second-order valence-electron chi connectivity index (χ2n) is 4.79. The highest BCUT2D eigenvalue weighted by molar-refractivity contribution is 5.90. The largest absolute Gasteiger partial charge is 0.396 e. The first-order chi connectivity index (χ1) is 8.45. The lowest BCUT2D eigenvalue weighted by Crippen LogP contribution is -2.40. The minimum Gasteiger partial charge on any atom is -0.396 e. The SMILES string of the molecule is Cc1cccc(NC(=O)NC(C)C(C)CO)c1C. The number of carbonyl (C=O) groups is 1. The van der Waals surface area contributed by atoms with Crippen LogP contribution < -0.4 is 10.6 Å². The number of amides is 2. The summed E-state index contributed by atoms with van der Waals surface area (Å²) in [5.41, 5.74) is 3.02. The fraction of sp³-hybridized carbons (Fsp3) is 0.500. The average molecular weight is 250 g/mol. The Morgan fingerprint density at radius 1 is 1.33 bits per heavy atom. The van der Waals surface area contributed by atoms with Gasteiger partial charge in [0.1, 0.15) is 0 Å². The van der Waals surface area contributed by atoms with Crippen molar-refractivity contribution < 1.29 is 9.90 Å². The lowest BCUT2D eigenvalue weighted by Gasteiger charge is -2.20. The van der Waals surface area contributed by atoms with Gasteiger partial charge in [-0.2, -0.15) is 0 Å². The Labute approximate surface area is 108 Å². The van der Waals surface area contributed by atoms with Gasteiger partial charge < -0.3 is 15.7 Å². The molecule has 0 aliphatic heterocycles. The molecule has 0 aromatic heterocycles. The molecular formula is C14H22N2O2. The molecule has 1 aromatic rings. The molecular weight excluding hydrogens is 228 g/mol. The van der Waals surface area contributed by atoms with Crippen LogP contribution >= 0.6 is 0 Å². The number of urea groups is 1. The Balaban J connectivity index is 2.62. The highest BCUT2D eigenvalue weighted by Crippen LogP contribution is 2.17. The van der Waals surface area contributed by atoms with E-state index in [0.717, 1.165) is 16.8 Å². The topological polar surface area (TPSA) is 61.4 Å². The molecule has 2 atom stereocenters. The molecule has 1 aromatic carbocycles. The lowest BCUT2D eigenvalue weighted by molar-refractivity contribution is 0.204. The molecule has 0 bridgehead atoms. The number of carbonyl (C=O) groups excluding carboxylic acids is 1. The molecule has 2 amide bonds. The van der Waals surface area contributed by atoms with Gasteiger partial charge in [0, 0.05) is 18.3 Å². The highest BCUT2D eigenvalue weighted by Gasteiger charge is 2.14. The molecule has 0 radical (unpaired) electrons. The van der Waals surface area contributed by atoms with Crippen molar-refractivity contribution in [1.29, 1.82) is 0 Å². The predicted octanol–water partition coefficient (Wildman–Crippen LogP) is 2.44. The van der Waals surface area contributed by atoms with Crippen molar-refractivity contribution in [3.8, 4) is 0 Å². The third-order valence-electron chi connectivity index (χ3n) is 3.35. The normalized spacial score (nSPS) is 13.8. The second kappa shape index (κ2) is 6.40. The molecule has 0 aliphatic rings. The van der Waals surface area contributed by atoms with Crippen LogP contribution in [0.3, 0.4) is 0 Å². The molecule has 1 rings (SSSR count). The third-order valence-corrected chi connectivity index (χ3v) is 3.35. The van der Waals surface area contributed by atoms with E-state index in [9.17, 15) is 4.79 Å². The van der Waals surface area contributed by atoms with Gasteiger partial charge in [-0.25, -0.2) is 4.79 Å². The minimum absolute atomic E-state index is 0.0364. The van der Waals surface area contributed by atoms with Crippen molar-refractivity contribution in [3.63, 3.8) is 0 Å². The number of aliphatic hydroxyl groups excluding tert-OH is 1. The van der Waals surface area contributed by atoms with Gasteiger partial charge in [0.25, 0.3) is 0 Å². The summed E-state index contributed by atoms with van der Waals surface area (Å²) in [7, 11) is 0. The van der Waals surface area contributed by atoms with Crippen LogP contribution in [0.2, 0.25) is 0 Å². The average Bonchev–Trinajstić information content (AvgIpc) is 2.33. The summed E-state index contributed by atoms with van der Waals surface area (Å²) in [5.74, 6) is 0.0364. The Bertz CT molecular complexity index is 418. The number of anilines is 1. The molecule has 4 heteroatoms. The molecule has 0 aliphatic carbocycles. The van der Waals surface area contributed by atoms with Gasteiger partial charge in [-0.05, 0) is 43.9 Å². The Hall–Kier alpha value is -1.55. The quantitative estimate of drug-likeness (QED) is 0.768. The Morgan fingerprint density at radius 2 is 2.00 bits per heavy atom. The first-order valence-corrected chi connectivity index (χ1v) is 6.20. The first kappa shape index (κ1) is 14.5. The zero-order valence-corrected chi connectivity index (χ0v) is 11.4. The van der Waals surface area contributed by atoms with Crippen LogP contribution in [0, 0.1) is 19.8 Å². The van der Waals surface area contributed by atoms with Crippen molar-refractivity contribution in [2.75, 3.05) is 11.9 Å². The van der Waals surface area contributed by atoms with Gasteiger partial charge >= 0.3 is 6.03 Å².